The second-order valence-electron chi connectivity index (χ2n) is 6.84. The molecule has 1 aromatic rings. The van der Waals surface area contributed by atoms with Gasteiger partial charge in [-0.3, -0.25) is 0 Å². The lowest BCUT2D eigenvalue weighted by Crippen LogP contribution is -2.46. The summed E-state index contributed by atoms with van der Waals surface area (Å²) in [6.07, 6.45) is 3.89. The van der Waals surface area contributed by atoms with Crippen LogP contribution in [0.5, 0.6) is 0 Å². The molecule has 2 fully saturated rings. The minimum atomic E-state index is -0.411. The Kier molecular flexibility index (Phi) is 2.45. The molecule has 0 amide bonds. The summed E-state index contributed by atoms with van der Waals surface area (Å²) >= 11 is 0. The maximum Gasteiger partial charge on any atom is 0.214 e. The van der Waals surface area contributed by atoms with Crippen LogP contribution in [0.15, 0.2) is 18.2 Å². The van der Waals surface area contributed by atoms with E-state index >= 15 is 0 Å². The van der Waals surface area contributed by atoms with Crippen molar-refractivity contribution in [3.63, 3.8) is 0 Å². The van der Waals surface area contributed by atoms with Gasteiger partial charge >= 0.3 is 0 Å². The van der Waals surface area contributed by atoms with Crippen LogP contribution in [0, 0.1) is 22.7 Å². The molecule has 1 unspecified atom stereocenters. The molecule has 1 aromatic heterocycles. The van der Waals surface area contributed by atoms with Crippen LogP contribution < -0.4 is 5.32 Å². The molecule has 2 aliphatic carbocycles. The number of hydrogen-bond acceptors (Lipinski definition) is 2. The van der Waals surface area contributed by atoms with Crippen molar-refractivity contribution < 1.29 is 4.39 Å². The van der Waals surface area contributed by atoms with Crippen LogP contribution in [0.4, 0.5) is 10.2 Å². The summed E-state index contributed by atoms with van der Waals surface area (Å²) in [6.45, 7) is 7.02. The quantitative estimate of drug-likeness (QED) is 0.804. The highest BCUT2D eigenvalue weighted by molar-refractivity contribution is 5.38. The largest absolute Gasteiger partial charge is 0.366 e. The number of hydrogen-bond donors (Lipinski definition) is 1. The maximum atomic E-state index is 13.2. The van der Waals surface area contributed by atoms with Gasteiger partial charge in [0.1, 0.15) is 5.82 Å². The van der Waals surface area contributed by atoms with E-state index in [1.54, 1.807) is 6.07 Å². The highest BCUT2D eigenvalue weighted by Gasteiger charge is 2.59. The Balaban J connectivity index is 1.88. The number of nitrogens with zero attached hydrogens (tertiary/aromatic N) is 1. The van der Waals surface area contributed by atoms with Crippen LogP contribution in [-0.4, -0.2) is 11.0 Å². The van der Waals surface area contributed by atoms with Gasteiger partial charge in [0, 0.05) is 6.04 Å². The number of aromatic nitrogens is 1. The van der Waals surface area contributed by atoms with E-state index in [0.717, 1.165) is 5.92 Å². The molecular weight excluding hydrogens is 227 g/mol. The summed E-state index contributed by atoms with van der Waals surface area (Å²) in [5.41, 5.74) is 0.600. The Bertz CT molecular complexity index is 467. The van der Waals surface area contributed by atoms with Gasteiger partial charge < -0.3 is 5.32 Å². The van der Waals surface area contributed by atoms with E-state index in [9.17, 15) is 4.39 Å². The molecule has 1 N–H and O–H groups in total. The smallest absolute Gasteiger partial charge is 0.214 e. The minimum Gasteiger partial charge on any atom is -0.366 e. The highest BCUT2D eigenvalue weighted by atomic mass is 19.1. The molecule has 2 bridgehead atoms. The van der Waals surface area contributed by atoms with Crippen LogP contribution in [0.3, 0.4) is 0 Å². The molecule has 3 rings (SSSR count). The molecule has 0 aromatic carbocycles. The minimum absolute atomic E-state index is 0.265. The Morgan fingerprint density at radius 2 is 2.11 bits per heavy atom. The summed E-state index contributed by atoms with van der Waals surface area (Å²) < 4.78 is 13.2. The van der Waals surface area contributed by atoms with E-state index in [2.05, 4.69) is 31.1 Å². The first-order valence-electron chi connectivity index (χ1n) is 6.81. The second-order valence-corrected chi connectivity index (χ2v) is 6.84. The molecule has 18 heavy (non-hydrogen) atoms. The van der Waals surface area contributed by atoms with Crippen molar-refractivity contribution in [1.29, 1.82) is 0 Å². The van der Waals surface area contributed by atoms with Gasteiger partial charge in [0.2, 0.25) is 5.95 Å². The SMILES string of the molecule is CC1(C)C(Nc2cccc(F)n2)[C@]2(C)CC[C@H]1C2. The second kappa shape index (κ2) is 3.69. The molecule has 3 heteroatoms. The highest BCUT2D eigenvalue weighted by Crippen LogP contribution is 2.62. The lowest BCUT2D eigenvalue weighted by atomic mass is 9.68. The monoisotopic (exact) mass is 248 g/mol. The molecule has 0 spiro atoms. The normalized spacial score (nSPS) is 36.9. The molecule has 98 valence electrons. The zero-order valence-corrected chi connectivity index (χ0v) is 11.3. The molecule has 2 nitrogen and oxygen atoms in total. The van der Waals surface area contributed by atoms with E-state index in [1.165, 1.54) is 25.3 Å². The Morgan fingerprint density at radius 3 is 2.72 bits per heavy atom. The van der Waals surface area contributed by atoms with E-state index in [4.69, 9.17) is 0 Å². The molecule has 1 heterocycles. The van der Waals surface area contributed by atoms with Gasteiger partial charge in [-0.15, -0.1) is 0 Å². The zero-order chi connectivity index (χ0) is 13.0. The molecule has 0 saturated heterocycles. The van der Waals surface area contributed by atoms with Crippen molar-refractivity contribution in [2.75, 3.05) is 5.32 Å². The first kappa shape index (κ1) is 11.9. The number of fused-ring (bicyclic) bond motifs is 2. The first-order chi connectivity index (χ1) is 8.42. The fourth-order valence-electron chi connectivity index (χ4n) is 4.30. The van der Waals surface area contributed by atoms with Crippen LogP contribution in [0.2, 0.25) is 0 Å². The number of anilines is 1. The predicted molar refractivity (Wildman–Crippen MR) is 70.8 cm³/mol. The topological polar surface area (TPSA) is 24.9 Å². The lowest BCUT2D eigenvalue weighted by molar-refractivity contribution is 0.155. The van der Waals surface area contributed by atoms with E-state index < -0.39 is 5.95 Å². The fourth-order valence-corrected chi connectivity index (χ4v) is 4.30. The number of nitrogens with one attached hydrogen (secondary N) is 1. The Morgan fingerprint density at radius 1 is 1.33 bits per heavy atom. The third kappa shape index (κ3) is 1.63. The third-order valence-corrected chi connectivity index (χ3v) is 5.28. The summed E-state index contributed by atoms with van der Waals surface area (Å²) in [4.78, 5) is 3.94. The average molecular weight is 248 g/mol. The Hall–Kier alpha value is -1.12. The molecule has 0 aliphatic heterocycles. The van der Waals surface area contributed by atoms with Crippen LogP contribution >= 0.6 is 0 Å². The zero-order valence-electron chi connectivity index (χ0n) is 11.3. The standard InChI is InChI=1S/C15H21FN2/c1-14(2)10-7-8-15(3,9-10)13(14)18-12-6-4-5-11(16)17-12/h4-6,10,13H,7-9H2,1-3H3,(H,17,18)/t10-,13?,15+/m0/s1. The van der Waals surface area contributed by atoms with Gasteiger partial charge in [0.05, 0.1) is 0 Å². The van der Waals surface area contributed by atoms with E-state index in [-0.39, 0.29) is 5.41 Å². The molecular formula is C15H21FN2. The van der Waals surface area contributed by atoms with Crippen molar-refractivity contribution >= 4 is 5.82 Å². The van der Waals surface area contributed by atoms with Crippen molar-refractivity contribution in [3.8, 4) is 0 Å². The van der Waals surface area contributed by atoms with E-state index in [0.29, 0.717) is 17.3 Å². The van der Waals surface area contributed by atoms with Gasteiger partial charge in [-0.05, 0) is 48.1 Å². The van der Waals surface area contributed by atoms with Crippen molar-refractivity contribution in [2.24, 2.45) is 16.7 Å². The van der Waals surface area contributed by atoms with Crippen molar-refractivity contribution in [1.82, 2.24) is 4.98 Å². The molecule has 3 atom stereocenters. The molecule has 2 saturated carbocycles. The van der Waals surface area contributed by atoms with Gasteiger partial charge in [0.25, 0.3) is 0 Å². The van der Waals surface area contributed by atoms with Crippen LogP contribution in [0.25, 0.3) is 0 Å². The third-order valence-electron chi connectivity index (χ3n) is 5.28. The summed E-state index contributed by atoms with van der Waals surface area (Å²) in [5, 5.41) is 3.49. The first-order valence-corrected chi connectivity index (χ1v) is 6.81. The summed E-state index contributed by atoms with van der Waals surface area (Å²) in [6, 6.07) is 5.35. The number of rotatable bonds is 2. The van der Waals surface area contributed by atoms with Crippen LogP contribution in [-0.2, 0) is 0 Å². The van der Waals surface area contributed by atoms with E-state index in [1.807, 2.05) is 6.07 Å². The van der Waals surface area contributed by atoms with Gasteiger partial charge in [-0.2, -0.15) is 4.39 Å². The molecule has 0 radical (unpaired) electrons. The molecule has 2 aliphatic rings. The van der Waals surface area contributed by atoms with Crippen LogP contribution in [0.1, 0.15) is 40.0 Å². The predicted octanol–water partition coefficient (Wildman–Crippen LogP) is 3.85. The van der Waals surface area contributed by atoms with Gasteiger partial charge in [-0.1, -0.05) is 26.8 Å². The Labute approximate surface area is 108 Å². The van der Waals surface area contributed by atoms with Gasteiger partial charge in [-0.25, -0.2) is 4.98 Å². The number of pyridine rings is 1. The van der Waals surface area contributed by atoms with Crippen molar-refractivity contribution in [2.45, 2.75) is 46.1 Å². The maximum absolute atomic E-state index is 13.2. The van der Waals surface area contributed by atoms with Gasteiger partial charge in [0.15, 0.2) is 0 Å². The lowest BCUT2D eigenvalue weighted by Gasteiger charge is -2.43. The summed E-state index contributed by atoms with van der Waals surface area (Å²) in [5.74, 6) is 1.04. The number of halogens is 1. The average Bonchev–Trinajstić information content (AvgIpc) is 2.76. The fraction of sp³-hybridized carbons (Fsp3) is 0.667. The van der Waals surface area contributed by atoms with Crippen molar-refractivity contribution in [3.05, 3.63) is 24.1 Å². The summed E-state index contributed by atoms with van der Waals surface area (Å²) in [7, 11) is 0.